The van der Waals surface area contributed by atoms with E-state index in [2.05, 4.69) is 0 Å². The van der Waals surface area contributed by atoms with E-state index < -0.39 is 5.60 Å². The van der Waals surface area contributed by atoms with E-state index in [0.717, 1.165) is 0 Å². The Bertz CT molecular complexity index is 236. The number of aliphatic hydroxyl groups is 1. The van der Waals surface area contributed by atoms with Gasteiger partial charge in [-0.2, -0.15) is 0 Å². The van der Waals surface area contributed by atoms with E-state index in [-0.39, 0.29) is 11.8 Å². The summed E-state index contributed by atoms with van der Waals surface area (Å²) in [7, 11) is 1.89. The Kier molecular flexibility index (Phi) is 4.89. The van der Waals surface area contributed by atoms with Crippen LogP contribution in [0.1, 0.15) is 33.1 Å². The molecular formula is C12H23NO3. The quantitative estimate of drug-likeness (QED) is 0.758. The number of rotatable bonds is 5. The zero-order valence-corrected chi connectivity index (χ0v) is 10.5. The predicted octanol–water partition coefficient (Wildman–Crippen LogP) is 0.827. The smallest absolute Gasteiger partial charge is 0.149 e. The van der Waals surface area contributed by atoms with Gasteiger partial charge in [0.15, 0.2) is 0 Å². The van der Waals surface area contributed by atoms with Gasteiger partial charge in [-0.05, 0) is 14.0 Å². The van der Waals surface area contributed by atoms with Crippen LogP contribution in [0.3, 0.4) is 0 Å². The topological polar surface area (TPSA) is 49.8 Å². The third kappa shape index (κ3) is 3.54. The van der Waals surface area contributed by atoms with Crippen molar-refractivity contribution in [1.29, 1.82) is 0 Å². The molecule has 0 aromatic heterocycles. The Morgan fingerprint density at radius 3 is 2.56 bits per heavy atom. The predicted molar refractivity (Wildman–Crippen MR) is 62.4 cm³/mol. The molecule has 1 unspecified atom stereocenters. The maximum atomic E-state index is 11.6. The highest BCUT2D eigenvalue weighted by atomic mass is 16.5. The minimum Gasteiger partial charge on any atom is -0.388 e. The lowest BCUT2D eigenvalue weighted by Gasteiger charge is -2.37. The summed E-state index contributed by atoms with van der Waals surface area (Å²) in [4.78, 5) is 13.5. The van der Waals surface area contributed by atoms with Crippen molar-refractivity contribution in [2.75, 3.05) is 26.8 Å². The molecule has 1 aliphatic rings. The molecule has 0 radical (unpaired) electrons. The SMILES string of the molecule is CCC(=O)C(C)N(C)CC1(O)CCOCC1. The second kappa shape index (κ2) is 5.75. The molecule has 1 atom stereocenters. The summed E-state index contributed by atoms with van der Waals surface area (Å²) in [5.74, 6) is 0.221. The van der Waals surface area contributed by atoms with Crippen LogP contribution in [0.15, 0.2) is 0 Å². The summed E-state index contributed by atoms with van der Waals surface area (Å²) in [6.07, 6.45) is 1.86. The van der Waals surface area contributed by atoms with E-state index >= 15 is 0 Å². The normalized spacial score (nSPS) is 22.1. The molecule has 0 aromatic carbocycles. The van der Waals surface area contributed by atoms with Gasteiger partial charge in [-0.25, -0.2) is 0 Å². The molecule has 16 heavy (non-hydrogen) atoms. The van der Waals surface area contributed by atoms with Crippen LogP contribution >= 0.6 is 0 Å². The largest absolute Gasteiger partial charge is 0.388 e. The van der Waals surface area contributed by atoms with Gasteiger partial charge in [0.05, 0.1) is 11.6 Å². The molecule has 4 nitrogen and oxygen atoms in total. The lowest BCUT2D eigenvalue weighted by Crippen LogP contribution is -2.49. The van der Waals surface area contributed by atoms with Crippen LogP contribution in [0.5, 0.6) is 0 Å². The summed E-state index contributed by atoms with van der Waals surface area (Å²) in [5, 5.41) is 10.3. The number of hydrogen-bond acceptors (Lipinski definition) is 4. The summed E-state index contributed by atoms with van der Waals surface area (Å²) in [5.41, 5.74) is -0.685. The number of hydrogen-bond donors (Lipinski definition) is 1. The van der Waals surface area contributed by atoms with E-state index in [1.54, 1.807) is 0 Å². The van der Waals surface area contributed by atoms with Crippen LogP contribution in [-0.4, -0.2) is 54.2 Å². The molecule has 0 spiro atoms. The average Bonchev–Trinajstić information content (AvgIpc) is 2.27. The van der Waals surface area contributed by atoms with Gasteiger partial charge in [0.2, 0.25) is 0 Å². The van der Waals surface area contributed by atoms with Gasteiger partial charge in [-0.1, -0.05) is 6.92 Å². The molecule has 0 amide bonds. The highest BCUT2D eigenvalue weighted by Crippen LogP contribution is 2.22. The number of likely N-dealkylation sites (N-methyl/N-ethyl adjacent to an activating group) is 1. The van der Waals surface area contributed by atoms with Crippen molar-refractivity contribution in [3.05, 3.63) is 0 Å². The van der Waals surface area contributed by atoms with Gasteiger partial charge in [0, 0.05) is 39.0 Å². The molecular weight excluding hydrogens is 206 g/mol. The van der Waals surface area contributed by atoms with Crippen LogP contribution in [0, 0.1) is 0 Å². The highest BCUT2D eigenvalue weighted by molar-refractivity contribution is 5.83. The first-order valence-corrected chi connectivity index (χ1v) is 6.01. The number of ether oxygens (including phenoxy) is 1. The van der Waals surface area contributed by atoms with E-state index in [1.165, 1.54) is 0 Å². The van der Waals surface area contributed by atoms with Gasteiger partial charge in [0.1, 0.15) is 5.78 Å². The zero-order chi connectivity index (χ0) is 12.2. The van der Waals surface area contributed by atoms with Gasteiger partial charge in [-0.15, -0.1) is 0 Å². The fourth-order valence-electron chi connectivity index (χ4n) is 2.05. The first kappa shape index (κ1) is 13.6. The summed E-state index contributed by atoms with van der Waals surface area (Å²) in [6, 6.07) is -0.114. The molecule has 1 fully saturated rings. The van der Waals surface area contributed by atoms with Crippen molar-refractivity contribution in [2.24, 2.45) is 0 Å². The lowest BCUT2D eigenvalue weighted by atomic mass is 9.93. The zero-order valence-electron chi connectivity index (χ0n) is 10.5. The molecule has 1 N–H and O–H groups in total. The Morgan fingerprint density at radius 2 is 2.06 bits per heavy atom. The van der Waals surface area contributed by atoms with Crippen molar-refractivity contribution >= 4 is 5.78 Å². The second-order valence-electron chi connectivity index (χ2n) is 4.75. The summed E-state index contributed by atoms with van der Waals surface area (Å²) < 4.78 is 5.23. The standard InChI is InChI=1S/C12H23NO3/c1-4-11(14)10(2)13(3)9-12(15)5-7-16-8-6-12/h10,15H,4-9H2,1-3H3. The molecule has 0 bridgehead atoms. The molecule has 94 valence electrons. The second-order valence-corrected chi connectivity index (χ2v) is 4.75. The summed E-state index contributed by atoms with van der Waals surface area (Å²) in [6.45, 7) is 5.54. The molecule has 1 aliphatic heterocycles. The maximum absolute atomic E-state index is 11.6. The van der Waals surface area contributed by atoms with Gasteiger partial charge < -0.3 is 9.84 Å². The third-order valence-electron chi connectivity index (χ3n) is 3.44. The van der Waals surface area contributed by atoms with Gasteiger partial charge in [-0.3, -0.25) is 9.69 Å². The molecule has 1 rings (SSSR count). The van der Waals surface area contributed by atoms with Crippen molar-refractivity contribution in [3.8, 4) is 0 Å². The van der Waals surface area contributed by atoms with Crippen LogP contribution in [-0.2, 0) is 9.53 Å². The average molecular weight is 229 g/mol. The van der Waals surface area contributed by atoms with Crippen molar-refractivity contribution in [3.63, 3.8) is 0 Å². The molecule has 1 heterocycles. The van der Waals surface area contributed by atoms with E-state index in [0.29, 0.717) is 39.0 Å². The molecule has 4 heteroatoms. The maximum Gasteiger partial charge on any atom is 0.149 e. The molecule has 0 aliphatic carbocycles. The number of nitrogens with zero attached hydrogens (tertiary/aromatic N) is 1. The van der Waals surface area contributed by atoms with E-state index in [9.17, 15) is 9.90 Å². The van der Waals surface area contributed by atoms with Crippen molar-refractivity contribution < 1.29 is 14.6 Å². The first-order chi connectivity index (χ1) is 7.48. The first-order valence-electron chi connectivity index (χ1n) is 6.01. The van der Waals surface area contributed by atoms with Crippen LogP contribution in [0.2, 0.25) is 0 Å². The number of Topliss-reactive ketones (excluding diaryl/α,β-unsaturated/α-hetero) is 1. The molecule has 1 saturated heterocycles. The van der Waals surface area contributed by atoms with Crippen LogP contribution in [0.4, 0.5) is 0 Å². The Balaban J connectivity index is 2.48. The van der Waals surface area contributed by atoms with Gasteiger partial charge in [0.25, 0.3) is 0 Å². The lowest BCUT2D eigenvalue weighted by molar-refractivity contribution is -0.125. The van der Waals surface area contributed by atoms with Gasteiger partial charge >= 0.3 is 0 Å². The fourth-order valence-corrected chi connectivity index (χ4v) is 2.05. The van der Waals surface area contributed by atoms with Crippen LogP contribution < -0.4 is 0 Å². The van der Waals surface area contributed by atoms with Crippen LogP contribution in [0.25, 0.3) is 0 Å². The Morgan fingerprint density at radius 1 is 1.50 bits per heavy atom. The molecule has 0 aromatic rings. The van der Waals surface area contributed by atoms with Crippen molar-refractivity contribution in [2.45, 2.75) is 44.8 Å². The highest BCUT2D eigenvalue weighted by Gasteiger charge is 2.32. The molecule has 0 saturated carbocycles. The minimum atomic E-state index is -0.685. The number of ketones is 1. The number of carbonyl (C=O) groups is 1. The monoisotopic (exact) mass is 229 g/mol. The van der Waals surface area contributed by atoms with E-state index in [4.69, 9.17) is 4.74 Å². The number of carbonyl (C=O) groups excluding carboxylic acids is 1. The minimum absolute atomic E-state index is 0.114. The third-order valence-corrected chi connectivity index (χ3v) is 3.44. The Labute approximate surface area is 97.6 Å². The van der Waals surface area contributed by atoms with Crippen molar-refractivity contribution in [1.82, 2.24) is 4.90 Å². The van der Waals surface area contributed by atoms with E-state index in [1.807, 2.05) is 25.8 Å². The summed E-state index contributed by atoms with van der Waals surface area (Å²) >= 11 is 0. The Hall–Kier alpha value is -0.450. The fraction of sp³-hybridized carbons (Fsp3) is 0.917.